The number of ether oxygens (including phenoxy) is 2. The van der Waals surface area contributed by atoms with E-state index in [2.05, 4.69) is 0 Å². The van der Waals surface area contributed by atoms with Crippen LogP contribution in [0.15, 0.2) is 52.4 Å². The third kappa shape index (κ3) is 5.14. The summed E-state index contributed by atoms with van der Waals surface area (Å²) >= 11 is 0. The average molecular weight is 339 g/mol. The maximum absolute atomic E-state index is 12.7. The molecule has 126 valence electrons. The van der Waals surface area contributed by atoms with Crippen molar-refractivity contribution in [2.24, 2.45) is 0 Å². The minimum absolute atomic E-state index is 0.00384. The number of carbonyl (C=O) groups excluding carboxylic acids is 1. The van der Waals surface area contributed by atoms with Crippen molar-refractivity contribution < 1.29 is 22.7 Å². The minimum atomic E-state index is -3.98. The molecule has 0 atom stereocenters. The van der Waals surface area contributed by atoms with Crippen LogP contribution in [0.1, 0.15) is 6.92 Å². The SMILES string of the molecule is CCOC(=O)C(=CC=CN(C)C)S(=O)(=O)c1ccc(OC)cc1. The predicted molar refractivity (Wildman–Crippen MR) is 87.7 cm³/mol. The summed E-state index contributed by atoms with van der Waals surface area (Å²) in [5.74, 6) is -0.357. The van der Waals surface area contributed by atoms with Gasteiger partial charge in [0.05, 0.1) is 18.6 Å². The topological polar surface area (TPSA) is 72.9 Å². The molecule has 0 saturated carbocycles. The molecule has 0 fully saturated rings. The summed E-state index contributed by atoms with van der Waals surface area (Å²) in [4.78, 5) is 13.3. The van der Waals surface area contributed by atoms with Crippen LogP contribution < -0.4 is 4.74 Å². The van der Waals surface area contributed by atoms with Crippen LogP contribution in [-0.2, 0) is 19.4 Å². The van der Waals surface area contributed by atoms with E-state index in [1.165, 1.54) is 43.5 Å². The maximum atomic E-state index is 12.7. The van der Waals surface area contributed by atoms with Gasteiger partial charge >= 0.3 is 5.97 Å². The molecule has 23 heavy (non-hydrogen) atoms. The Morgan fingerprint density at radius 1 is 1.22 bits per heavy atom. The fourth-order valence-corrected chi connectivity index (χ4v) is 2.94. The second-order valence-corrected chi connectivity index (χ2v) is 6.65. The lowest BCUT2D eigenvalue weighted by atomic mass is 10.3. The second kappa shape index (κ2) is 8.38. The van der Waals surface area contributed by atoms with Gasteiger partial charge in [-0.1, -0.05) is 0 Å². The molecule has 0 spiro atoms. The molecule has 0 aliphatic heterocycles. The largest absolute Gasteiger partial charge is 0.497 e. The van der Waals surface area contributed by atoms with E-state index >= 15 is 0 Å². The molecule has 7 heteroatoms. The molecule has 6 nitrogen and oxygen atoms in total. The van der Waals surface area contributed by atoms with Crippen LogP contribution in [0.3, 0.4) is 0 Å². The molecular formula is C16H21NO5S. The number of hydrogen-bond donors (Lipinski definition) is 0. The van der Waals surface area contributed by atoms with E-state index in [4.69, 9.17) is 9.47 Å². The molecule has 0 amide bonds. The van der Waals surface area contributed by atoms with Gasteiger partial charge in [0.1, 0.15) is 5.75 Å². The highest BCUT2D eigenvalue weighted by molar-refractivity contribution is 7.96. The summed E-state index contributed by atoms with van der Waals surface area (Å²) in [6.07, 6.45) is 4.34. The number of benzene rings is 1. The van der Waals surface area contributed by atoms with Gasteiger partial charge < -0.3 is 14.4 Å². The third-order valence-electron chi connectivity index (χ3n) is 2.77. The van der Waals surface area contributed by atoms with Crippen LogP contribution in [0.5, 0.6) is 5.75 Å². The highest BCUT2D eigenvalue weighted by Gasteiger charge is 2.27. The molecule has 1 aromatic carbocycles. The van der Waals surface area contributed by atoms with E-state index < -0.39 is 20.7 Å². The molecule has 0 aliphatic rings. The molecule has 0 heterocycles. The number of rotatable bonds is 7. The van der Waals surface area contributed by atoms with Gasteiger partial charge in [-0.25, -0.2) is 13.2 Å². The Bertz CT molecular complexity index is 688. The van der Waals surface area contributed by atoms with E-state index in [9.17, 15) is 13.2 Å². The summed E-state index contributed by atoms with van der Waals surface area (Å²) in [6, 6.07) is 5.81. The van der Waals surface area contributed by atoms with Gasteiger partial charge in [-0.15, -0.1) is 0 Å². The molecule has 1 aromatic rings. The fraction of sp³-hybridized carbons (Fsp3) is 0.312. The van der Waals surface area contributed by atoms with Crippen molar-refractivity contribution in [1.82, 2.24) is 4.90 Å². The molecule has 0 saturated heterocycles. The van der Waals surface area contributed by atoms with Gasteiger partial charge in [-0.3, -0.25) is 0 Å². The van der Waals surface area contributed by atoms with Crippen LogP contribution in [0.4, 0.5) is 0 Å². The number of sulfone groups is 1. The van der Waals surface area contributed by atoms with Crippen LogP contribution >= 0.6 is 0 Å². The van der Waals surface area contributed by atoms with E-state index in [1.54, 1.807) is 32.1 Å². The number of esters is 1. The van der Waals surface area contributed by atoms with Crippen molar-refractivity contribution in [3.8, 4) is 5.75 Å². The molecule has 0 aromatic heterocycles. The summed E-state index contributed by atoms with van der Waals surface area (Å²) < 4.78 is 35.2. The Balaban J connectivity index is 3.29. The number of allylic oxidation sites excluding steroid dienone is 2. The Labute approximate surface area is 136 Å². The first-order valence-electron chi connectivity index (χ1n) is 6.94. The Morgan fingerprint density at radius 2 is 1.83 bits per heavy atom. The average Bonchev–Trinajstić information content (AvgIpc) is 2.51. The van der Waals surface area contributed by atoms with Gasteiger partial charge in [0.15, 0.2) is 4.91 Å². The second-order valence-electron chi connectivity index (χ2n) is 4.74. The normalized spacial score (nSPS) is 12.3. The highest BCUT2D eigenvalue weighted by Crippen LogP contribution is 2.23. The van der Waals surface area contributed by atoms with Crippen molar-refractivity contribution >= 4 is 15.8 Å². The van der Waals surface area contributed by atoms with Crippen molar-refractivity contribution in [2.75, 3.05) is 27.8 Å². The minimum Gasteiger partial charge on any atom is -0.497 e. The van der Waals surface area contributed by atoms with Crippen molar-refractivity contribution in [2.45, 2.75) is 11.8 Å². The first-order chi connectivity index (χ1) is 10.8. The van der Waals surface area contributed by atoms with Gasteiger partial charge in [0.2, 0.25) is 9.84 Å². The number of methoxy groups -OCH3 is 1. The Morgan fingerprint density at radius 3 is 2.30 bits per heavy atom. The van der Waals surface area contributed by atoms with Crippen LogP contribution in [-0.4, -0.2) is 47.1 Å². The van der Waals surface area contributed by atoms with E-state index in [0.29, 0.717) is 5.75 Å². The Kier molecular flexibility index (Phi) is 6.84. The zero-order valence-electron chi connectivity index (χ0n) is 13.6. The van der Waals surface area contributed by atoms with Gasteiger partial charge in [-0.2, -0.15) is 0 Å². The maximum Gasteiger partial charge on any atom is 0.350 e. The Hall–Kier alpha value is -2.28. The van der Waals surface area contributed by atoms with Crippen LogP contribution in [0.2, 0.25) is 0 Å². The van der Waals surface area contributed by atoms with Crippen LogP contribution in [0.25, 0.3) is 0 Å². The molecule has 0 bridgehead atoms. The van der Waals surface area contributed by atoms with Crippen molar-refractivity contribution in [3.63, 3.8) is 0 Å². The molecule has 0 unspecified atom stereocenters. The predicted octanol–water partition coefficient (Wildman–Crippen LogP) is 1.99. The fourth-order valence-electron chi connectivity index (χ4n) is 1.65. The number of carbonyl (C=O) groups is 1. The van der Waals surface area contributed by atoms with E-state index in [1.807, 2.05) is 0 Å². The van der Waals surface area contributed by atoms with E-state index in [0.717, 1.165) is 0 Å². The summed E-state index contributed by atoms with van der Waals surface area (Å²) in [7, 11) is 1.07. The van der Waals surface area contributed by atoms with Crippen molar-refractivity contribution in [1.29, 1.82) is 0 Å². The van der Waals surface area contributed by atoms with Gasteiger partial charge in [-0.05, 0) is 49.5 Å². The standard InChI is InChI=1S/C16H21NO5S/c1-5-22-16(18)15(7-6-12-17(2)3)23(19,20)14-10-8-13(21-4)9-11-14/h6-12H,5H2,1-4H3. The van der Waals surface area contributed by atoms with Gasteiger partial charge in [0, 0.05) is 14.1 Å². The zero-order chi connectivity index (χ0) is 17.5. The smallest absolute Gasteiger partial charge is 0.350 e. The highest BCUT2D eigenvalue weighted by atomic mass is 32.2. The molecule has 1 rings (SSSR count). The summed E-state index contributed by atoms with van der Waals surface area (Å²) in [6.45, 7) is 1.71. The number of nitrogens with zero attached hydrogens (tertiary/aromatic N) is 1. The lowest BCUT2D eigenvalue weighted by Gasteiger charge is -2.09. The first kappa shape index (κ1) is 18.8. The molecule has 0 radical (unpaired) electrons. The summed E-state index contributed by atoms with van der Waals surface area (Å²) in [5, 5.41) is 0. The summed E-state index contributed by atoms with van der Waals surface area (Å²) in [5.41, 5.74) is 0. The molecule has 0 N–H and O–H groups in total. The lowest BCUT2D eigenvalue weighted by molar-refractivity contribution is -0.137. The quantitative estimate of drug-likeness (QED) is 0.430. The van der Waals surface area contributed by atoms with Crippen molar-refractivity contribution in [3.05, 3.63) is 47.5 Å². The monoisotopic (exact) mass is 339 g/mol. The van der Waals surface area contributed by atoms with Gasteiger partial charge in [0.25, 0.3) is 0 Å². The molecule has 0 aliphatic carbocycles. The van der Waals surface area contributed by atoms with E-state index in [-0.39, 0.29) is 11.5 Å². The molecular weight excluding hydrogens is 318 g/mol. The zero-order valence-corrected chi connectivity index (χ0v) is 14.5. The lowest BCUT2D eigenvalue weighted by Crippen LogP contribution is -2.16. The van der Waals surface area contributed by atoms with Crippen LogP contribution in [0, 0.1) is 0 Å². The third-order valence-corrected chi connectivity index (χ3v) is 4.54. The first-order valence-corrected chi connectivity index (χ1v) is 8.42. The number of hydrogen-bond acceptors (Lipinski definition) is 6.